The Bertz CT molecular complexity index is 392. The Morgan fingerprint density at radius 1 is 0.810 bits per heavy atom. The Labute approximate surface area is 129 Å². The zero-order chi connectivity index (χ0) is 15.5. The molecular formula is C16H31N5. The summed E-state index contributed by atoms with van der Waals surface area (Å²) in [6.07, 6.45) is 12.8. The minimum absolute atomic E-state index is 0.319. The minimum atomic E-state index is 0.319. The average molecular weight is 293 g/mol. The van der Waals surface area contributed by atoms with Crippen molar-refractivity contribution >= 4 is 11.9 Å². The SMILES string of the molecule is CCCCCCCCCCCc1nc(N)nc(N(C)C)n1. The first-order chi connectivity index (χ1) is 10.1. The van der Waals surface area contributed by atoms with Gasteiger partial charge >= 0.3 is 0 Å². The van der Waals surface area contributed by atoms with Gasteiger partial charge in [0.25, 0.3) is 0 Å². The Hall–Kier alpha value is -1.39. The number of nitrogen functional groups attached to an aromatic ring is 1. The highest BCUT2D eigenvalue weighted by Crippen LogP contribution is 2.12. The topological polar surface area (TPSA) is 67.9 Å². The van der Waals surface area contributed by atoms with E-state index in [0.29, 0.717) is 11.9 Å². The van der Waals surface area contributed by atoms with Gasteiger partial charge in [-0.25, -0.2) is 0 Å². The predicted octanol–water partition coefficient (Wildman–Crippen LogP) is 3.59. The van der Waals surface area contributed by atoms with Crippen LogP contribution in [0.5, 0.6) is 0 Å². The molecule has 0 unspecified atom stereocenters. The third-order valence-corrected chi connectivity index (χ3v) is 3.59. The first kappa shape index (κ1) is 17.7. The Morgan fingerprint density at radius 3 is 1.95 bits per heavy atom. The van der Waals surface area contributed by atoms with Crippen molar-refractivity contribution in [2.75, 3.05) is 24.7 Å². The fourth-order valence-electron chi connectivity index (χ4n) is 2.33. The van der Waals surface area contributed by atoms with Gasteiger partial charge in [0.15, 0.2) is 0 Å². The summed E-state index contributed by atoms with van der Waals surface area (Å²) >= 11 is 0. The second-order valence-corrected chi connectivity index (χ2v) is 5.88. The number of nitrogens with two attached hydrogens (primary N) is 1. The second kappa shape index (κ2) is 10.4. The van der Waals surface area contributed by atoms with Crippen LogP contribution in [-0.2, 0) is 6.42 Å². The van der Waals surface area contributed by atoms with E-state index >= 15 is 0 Å². The number of hydrogen-bond acceptors (Lipinski definition) is 5. The van der Waals surface area contributed by atoms with Crippen LogP contribution in [0.2, 0.25) is 0 Å². The van der Waals surface area contributed by atoms with Crippen molar-refractivity contribution in [3.8, 4) is 0 Å². The van der Waals surface area contributed by atoms with Crippen LogP contribution in [0.3, 0.4) is 0 Å². The molecule has 1 aromatic rings. The Morgan fingerprint density at radius 2 is 1.38 bits per heavy atom. The molecule has 1 heterocycles. The predicted molar refractivity (Wildman–Crippen MR) is 89.5 cm³/mol. The normalized spacial score (nSPS) is 10.8. The van der Waals surface area contributed by atoms with Crippen molar-refractivity contribution < 1.29 is 0 Å². The first-order valence-corrected chi connectivity index (χ1v) is 8.31. The zero-order valence-electron chi connectivity index (χ0n) is 13.9. The van der Waals surface area contributed by atoms with E-state index < -0.39 is 0 Å². The standard InChI is InChI=1S/C16H31N5/c1-4-5-6-7-8-9-10-11-12-13-14-18-15(17)20-16(19-14)21(2)3/h4-13H2,1-3H3,(H2,17,18,19,20). The first-order valence-electron chi connectivity index (χ1n) is 8.31. The summed E-state index contributed by atoms with van der Waals surface area (Å²) in [5.41, 5.74) is 5.72. The van der Waals surface area contributed by atoms with E-state index in [1.54, 1.807) is 0 Å². The van der Waals surface area contributed by atoms with E-state index in [-0.39, 0.29) is 0 Å². The average Bonchev–Trinajstić information content (AvgIpc) is 2.45. The molecule has 0 saturated heterocycles. The van der Waals surface area contributed by atoms with Crippen LogP contribution in [0.15, 0.2) is 0 Å². The molecule has 0 bridgehead atoms. The number of anilines is 2. The molecule has 0 fully saturated rings. The van der Waals surface area contributed by atoms with Gasteiger partial charge in [0, 0.05) is 20.5 Å². The van der Waals surface area contributed by atoms with Crippen LogP contribution in [0, 0.1) is 0 Å². The van der Waals surface area contributed by atoms with Crippen molar-refractivity contribution in [1.29, 1.82) is 0 Å². The van der Waals surface area contributed by atoms with E-state index in [9.17, 15) is 0 Å². The molecule has 0 saturated carbocycles. The lowest BCUT2D eigenvalue weighted by Crippen LogP contribution is -2.16. The molecule has 2 N–H and O–H groups in total. The summed E-state index contributed by atoms with van der Waals surface area (Å²) < 4.78 is 0. The lowest BCUT2D eigenvalue weighted by atomic mass is 10.1. The molecule has 0 aliphatic rings. The highest BCUT2D eigenvalue weighted by Gasteiger charge is 2.05. The Kier molecular flexibility index (Phi) is 8.71. The summed E-state index contributed by atoms with van der Waals surface area (Å²) in [4.78, 5) is 14.6. The summed E-state index contributed by atoms with van der Waals surface area (Å²) in [7, 11) is 3.83. The lowest BCUT2D eigenvalue weighted by Gasteiger charge is -2.11. The number of aromatic nitrogens is 3. The molecule has 0 aliphatic heterocycles. The van der Waals surface area contributed by atoms with Crippen LogP contribution < -0.4 is 10.6 Å². The number of rotatable bonds is 11. The van der Waals surface area contributed by atoms with E-state index in [1.807, 2.05) is 19.0 Å². The van der Waals surface area contributed by atoms with Gasteiger partial charge in [-0.2, -0.15) is 15.0 Å². The summed E-state index contributed by atoms with van der Waals surface area (Å²) in [5.74, 6) is 1.78. The highest BCUT2D eigenvalue weighted by atomic mass is 15.3. The fraction of sp³-hybridized carbons (Fsp3) is 0.812. The molecule has 21 heavy (non-hydrogen) atoms. The molecule has 0 spiro atoms. The van der Waals surface area contributed by atoms with E-state index in [1.165, 1.54) is 51.4 Å². The van der Waals surface area contributed by atoms with Gasteiger partial charge in [-0.3, -0.25) is 0 Å². The molecule has 1 aromatic heterocycles. The smallest absolute Gasteiger partial charge is 0.229 e. The fourth-order valence-corrected chi connectivity index (χ4v) is 2.33. The maximum atomic E-state index is 5.72. The maximum absolute atomic E-state index is 5.72. The molecule has 1 rings (SSSR count). The van der Waals surface area contributed by atoms with Crippen LogP contribution >= 0.6 is 0 Å². The van der Waals surface area contributed by atoms with Gasteiger partial charge in [0.05, 0.1) is 0 Å². The number of hydrogen-bond donors (Lipinski definition) is 1. The van der Waals surface area contributed by atoms with Crippen molar-refractivity contribution in [3.63, 3.8) is 0 Å². The van der Waals surface area contributed by atoms with Gasteiger partial charge in [-0.05, 0) is 6.42 Å². The van der Waals surface area contributed by atoms with Crippen LogP contribution in [0.4, 0.5) is 11.9 Å². The van der Waals surface area contributed by atoms with Crippen molar-refractivity contribution in [1.82, 2.24) is 15.0 Å². The zero-order valence-corrected chi connectivity index (χ0v) is 13.9. The molecule has 120 valence electrons. The quantitative estimate of drug-likeness (QED) is 0.631. The van der Waals surface area contributed by atoms with Gasteiger partial charge in [0.1, 0.15) is 5.82 Å². The van der Waals surface area contributed by atoms with E-state index in [2.05, 4.69) is 21.9 Å². The van der Waals surface area contributed by atoms with Crippen LogP contribution in [-0.4, -0.2) is 29.0 Å². The van der Waals surface area contributed by atoms with Crippen molar-refractivity contribution in [3.05, 3.63) is 5.82 Å². The summed E-state index contributed by atoms with van der Waals surface area (Å²) in [6.45, 7) is 2.26. The van der Waals surface area contributed by atoms with Crippen molar-refractivity contribution in [2.24, 2.45) is 0 Å². The van der Waals surface area contributed by atoms with Crippen LogP contribution in [0.1, 0.15) is 70.5 Å². The molecule has 5 heteroatoms. The Balaban J connectivity index is 2.15. The van der Waals surface area contributed by atoms with Crippen molar-refractivity contribution in [2.45, 2.75) is 71.1 Å². The van der Waals surface area contributed by atoms with Gasteiger partial charge in [-0.1, -0.05) is 58.3 Å². The molecule has 0 atom stereocenters. The molecule has 0 aliphatic carbocycles. The third-order valence-electron chi connectivity index (χ3n) is 3.59. The maximum Gasteiger partial charge on any atom is 0.229 e. The van der Waals surface area contributed by atoms with Gasteiger partial charge in [0.2, 0.25) is 11.9 Å². The monoisotopic (exact) mass is 293 g/mol. The summed E-state index contributed by atoms with van der Waals surface area (Å²) in [5, 5.41) is 0. The molecule has 0 radical (unpaired) electrons. The second-order valence-electron chi connectivity index (χ2n) is 5.88. The van der Waals surface area contributed by atoms with E-state index in [4.69, 9.17) is 5.73 Å². The molecular weight excluding hydrogens is 262 g/mol. The highest BCUT2D eigenvalue weighted by molar-refractivity contribution is 5.32. The minimum Gasteiger partial charge on any atom is -0.368 e. The molecule has 5 nitrogen and oxygen atoms in total. The largest absolute Gasteiger partial charge is 0.368 e. The number of unbranched alkanes of at least 4 members (excludes halogenated alkanes) is 8. The van der Waals surface area contributed by atoms with E-state index in [0.717, 1.165) is 18.7 Å². The van der Waals surface area contributed by atoms with Gasteiger partial charge in [-0.15, -0.1) is 0 Å². The van der Waals surface area contributed by atoms with Gasteiger partial charge < -0.3 is 10.6 Å². The molecule has 0 aromatic carbocycles. The number of aryl methyl sites for hydroxylation is 1. The summed E-state index contributed by atoms with van der Waals surface area (Å²) in [6, 6.07) is 0. The lowest BCUT2D eigenvalue weighted by molar-refractivity contribution is 0.562. The molecule has 0 amide bonds. The van der Waals surface area contributed by atoms with Crippen LogP contribution in [0.25, 0.3) is 0 Å². The third kappa shape index (κ3) is 7.83. The number of nitrogens with zero attached hydrogens (tertiary/aromatic N) is 4.